The first-order valence-corrected chi connectivity index (χ1v) is 8.19. The van der Waals surface area contributed by atoms with Crippen LogP contribution in [0.3, 0.4) is 0 Å². The van der Waals surface area contributed by atoms with Crippen molar-refractivity contribution in [2.75, 3.05) is 0 Å². The Morgan fingerprint density at radius 1 is 1.08 bits per heavy atom. The van der Waals surface area contributed by atoms with Crippen LogP contribution in [-0.4, -0.2) is 22.8 Å². The third-order valence-corrected chi connectivity index (χ3v) is 4.30. The molecule has 1 saturated heterocycles. The van der Waals surface area contributed by atoms with Crippen molar-refractivity contribution in [3.63, 3.8) is 0 Å². The summed E-state index contributed by atoms with van der Waals surface area (Å²) < 4.78 is 5.44. The van der Waals surface area contributed by atoms with Crippen LogP contribution in [0.2, 0.25) is 0 Å². The second kappa shape index (κ2) is 7.30. The van der Waals surface area contributed by atoms with E-state index in [-0.39, 0.29) is 18.5 Å². The average molecular weight is 323 g/mol. The highest BCUT2D eigenvalue weighted by atomic mass is 16.5. The zero-order valence-electron chi connectivity index (χ0n) is 13.8. The number of esters is 1. The molecule has 0 bridgehead atoms. The summed E-state index contributed by atoms with van der Waals surface area (Å²) in [5.74, 6) is -0.312. The topological polar surface area (TPSA) is 46.6 Å². The summed E-state index contributed by atoms with van der Waals surface area (Å²) in [6.45, 7) is 2.70. The van der Waals surface area contributed by atoms with E-state index in [1.165, 1.54) is 5.56 Å². The van der Waals surface area contributed by atoms with Gasteiger partial charge >= 0.3 is 5.97 Å². The lowest BCUT2D eigenvalue weighted by Gasteiger charge is -2.23. The zero-order chi connectivity index (χ0) is 16.9. The smallest absolute Gasteiger partial charge is 0.329 e. The maximum atomic E-state index is 12.4. The van der Waals surface area contributed by atoms with Gasteiger partial charge in [-0.3, -0.25) is 4.79 Å². The van der Waals surface area contributed by atoms with Crippen molar-refractivity contribution in [3.05, 3.63) is 71.3 Å². The lowest BCUT2D eigenvalue weighted by atomic mass is 10.1. The van der Waals surface area contributed by atoms with E-state index >= 15 is 0 Å². The molecule has 1 fully saturated rings. The highest BCUT2D eigenvalue weighted by Gasteiger charge is 2.37. The van der Waals surface area contributed by atoms with Crippen LogP contribution in [0.15, 0.2) is 54.6 Å². The van der Waals surface area contributed by atoms with Crippen molar-refractivity contribution in [1.29, 1.82) is 0 Å². The summed E-state index contributed by atoms with van der Waals surface area (Å²) in [4.78, 5) is 26.2. The fourth-order valence-electron chi connectivity index (χ4n) is 2.89. The highest BCUT2D eigenvalue weighted by molar-refractivity contribution is 5.88. The van der Waals surface area contributed by atoms with E-state index < -0.39 is 6.04 Å². The van der Waals surface area contributed by atoms with Gasteiger partial charge in [-0.25, -0.2) is 4.79 Å². The Hall–Kier alpha value is -2.62. The fourth-order valence-corrected chi connectivity index (χ4v) is 2.89. The van der Waals surface area contributed by atoms with E-state index in [0.29, 0.717) is 19.4 Å². The van der Waals surface area contributed by atoms with E-state index in [4.69, 9.17) is 4.74 Å². The van der Waals surface area contributed by atoms with Crippen molar-refractivity contribution in [1.82, 2.24) is 4.90 Å². The number of aryl methyl sites for hydroxylation is 1. The van der Waals surface area contributed by atoms with Crippen LogP contribution in [0.1, 0.15) is 29.5 Å². The van der Waals surface area contributed by atoms with Gasteiger partial charge in [0.2, 0.25) is 5.91 Å². The Balaban J connectivity index is 1.62. The molecule has 0 unspecified atom stereocenters. The Morgan fingerprint density at radius 2 is 1.79 bits per heavy atom. The normalized spacial score (nSPS) is 17.1. The molecule has 0 saturated carbocycles. The molecule has 24 heavy (non-hydrogen) atoms. The molecule has 4 heteroatoms. The predicted molar refractivity (Wildman–Crippen MR) is 91.0 cm³/mol. The second-order valence-electron chi connectivity index (χ2n) is 6.16. The standard InChI is InChI=1S/C20H21NO3/c1-15-7-9-17(10-8-15)14-24-20(23)18-11-12-19(22)21(18)13-16-5-3-2-4-6-16/h2-10,18H,11-14H2,1H3/t18-/m0/s1. The Labute approximate surface area is 142 Å². The monoisotopic (exact) mass is 323 g/mol. The number of amides is 1. The quantitative estimate of drug-likeness (QED) is 0.794. The van der Waals surface area contributed by atoms with Crippen LogP contribution in [-0.2, 0) is 27.5 Å². The van der Waals surface area contributed by atoms with Gasteiger partial charge in [-0.15, -0.1) is 0 Å². The summed E-state index contributed by atoms with van der Waals surface area (Å²) in [6, 6.07) is 17.1. The van der Waals surface area contributed by atoms with Crippen LogP contribution in [0, 0.1) is 6.92 Å². The predicted octanol–water partition coefficient (Wildman–Crippen LogP) is 3.23. The van der Waals surface area contributed by atoms with Crippen LogP contribution in [0.4, 0.5) is 0 Å². The highest BCUT2D eigenvalue weighted by Crippen LogP contribution is 2.23. The molecule has 3 rings (SSSR count). The minimum atomic E-state index is -0.483. The SMILES string of the molecule is Cc1ccc(COC(=O)[C@@H]2CCC(=O)N2Cc2ccccc2)cc1. The maximum Gasteiger partial charge on any atom is 0.329 e. The Kier molecular flexibility index (Phi) is 4.94. The summed E-state index contributed by atoms with van der Waals surface area (Å²) in [5.41, 5.74) is 3.14. The largest absolute Gasteiger partial charge is 0.459 e. The number of benzene rings is 2. The van der Waals surface area contributed by atoms with Crippen LogP contribution < -0.4 is 0 Å². The molecule has 1 aliphatic heterocycles. The molecule has 4 nitrogen and oxygen atoms in total. The molecule has 124 valence electrons. The number of carbonyl (C=O) groups excluding carboxylic acids is 2. The van der Waals surface area contributed by atoms with E-state index in [1.807, 2.05) is 61.5 Å². The van der Waals surface area contributed by atoms with Crippen LogP contribution >= 0.6 is 0 Å². The van der Waals surface area contributed by atoms with Gasteiger partial charge in [0, 0.05) is 13.0 Å². The number of carbonyl (C=O) groups is 2. The van der Waals surface area contributed by atoms with Gasteiger partial charge in [-0.05, 0) is 24.5 Å². The first-order chi connectivity index (χ1) is 11.6. The minimum Gasteiger partial charge on any atom is -0.459 e. The second-order valence-corrected chi connectivity index (χ2v) is 6.16. The number of nitrogens with zero attached hydrogens (tertiary/aromatic N) is 1. The van der Waals surface area contributed by atoms with Crippen molar-refractivity contribution >= 4 is 11.9 Å². The lowest BCUT2D eigenvalue weighted by molar-refractivity contribution is -0.153. The molecule has 0 radical (unpaired) electrons. The lowest BCUT2D eigenvalue weighted by Crippen LogP contribution is -2.39. The summed E-state index contributed by atoms with van der Waals surface area (Å²) in [6.07, 6.45) is 0.926. The van der Waals surface area contributed by atoms with Gasteiger partial charge in [-0.1, -0.05) is 60.2 Å². The third-order valence-electron chi connectivity index (χ3n) is 4.30. The van der Waals surface area contributed by atoms with E-state index in [0.717, 1.165) is 11.1 Å². The zero-order valence-corrected chi connectivity index (χ0v) is 13.8. The Morgan fingerprint density at radius 3 is 2.50 bits per heavy atom. The molecule has 0 spiro atoms. The molecule has 0 aromatic heterocycles. The number of ether oxygens (including phenoxy) is 1. The Bertz CT molecular complexity index is 709. The summed E-state index contributed by atoms with van der Waals surface area (Å²) in [5, 5.41) is 0. The van der Waals surface area contributed by atoms with E-state index in [9.17, 15) is 9.59 Å². The molecule has 0 N–H and O–H groups in total. The van der Waals surface area contributed by atoms with Gasteiger partial charge in [0.1, 0.15) is 12.6 Å². The van der Waals surface area contributed by atoms with E-state index in [2.05, 4.69) is 0 Å². The molecule has 2 aromatic carbocycles. The van der Waals surface area contributed by atoms with Crippen molar-refractivity contribution < 1.29 is 14.3 Å². The van der Waals surface area contributed by atoms with Gasteiger partial charge in [-0.2, -0.15) is 0 Å². The first-order valence-electron chi connectivity index (χ1n) is 8.19. The molecule has 1 amide bonds. The maximum absolute atomic E-state index is 12.4. The molecule has 1 atom stereocenters. The molecule has 0 aliphatic carbocycles. The van der Waals surface area contributed by atoms with Gasteiger partial charge in [0.15, 0.2) is 0 Å². The minimum absolute atomic E-state index is 0.0103. The number of hydrogen-bond acceptors (Lipinski definition) is 3. The number of hydrogen-bond donors (Lipinski definition) is 0. The van der Waals surface area contributed by atoms with Crippen LogP contribution in [0.25, 0.3) is 0 Å². The van der Waals surface area contributed by atoms with Crippen LogP contribution in [0.5, 0.6) is 0 Å². The van der Waals surface area contributed by atoms with Gasteiger partial charge in [0.25, 0.3) is 0 Å². The summed E-state index contributed by atoms with van der Waals surface area (Å²) >= 11 is 0. The number of likely N-dealkylation sites (tertiary alicyclic amines) is 1. The van der Waals surface area contributed by atoms with Gasteiger partial charge in [0.05, 0.1) is 0 Å². The fraction of sp³-hybridized carbons (Fsp3) is 0.300. The molecular formula is C20H21NO3. The van der Waals surface area contributed by atoms with E-state index in [1.54, 1.807) is 4.90 Å². The molecule has 1 heterocycles. The van der Waals surface area contributed by atoms with Crippen molar-refractivity contribution in [3.8, 4) is 0 Å². The summed E-state index contributed by atoms with van der Waals surface area (Å²) in [7, 11) is 0. The first kappa shape index (κ1) is 16.2. The average Bonchev–Trinajstić information content (AvgIpc) is 2.96. The third kappa shape index (κ3) is 3.82. The number of rotatable bonds is 5. The molecule has 2 aromatic rings. The van der Waals surface area contributed by atoms with Crippen molar-refractivity contribution in [2.45, 2.75) is 39.0 Å². The molecule has 1 aliphatic rings. The van der Waals surface area contributed by atoms with Gasteiger partial charge < -0.3 is 9.64 Å². The van der Waals surface area contributed by atoms with Crippen molar-refractivity contribution in [2.24, 2.45) is 0 Å². The molecular weight excluding hydrogens is 302 g/mol.